The lowest BCUT2D eigenvalue weighted by molar-refractivity contribution is 0.478. The highest BCUT2D eigenvalue weighted by molar-refractivity contribution is 9.10. The smallest absolute Gasteiger partial charge is 0.130 e. The van der Waals surface area contributed by atoms with E-state index < -0.39 is 0 Å². The molecule has 0 saturated heterocycles. The first-order valence-electron chi connectivity index (χ1n) is 6.34. The van der Waals surface area contributed by atoms with E-state index >= 15 is 0 Å². The number of ether oxygens (including phenoxy) is 1. The van der Waals surface area contributed by atoms with Crippen molar-refractivity contribution in [1.82, 2.24) is 0 Å². The van der Waals surface area contributed by atoms with E-state index in [1.807, 2.05) is 18.2 Å². The van der Waals surface area contributed by atoms with Crippen LogP contribution in [0.5, 0.6) is 11.5 Å². The van der Waals surface area contributed by atoms with Crippen LogP contribution in [0.25, 0.3) is 0 Å². The molecule has 0 aromatic heterocycles. The van der Waals surface area contributed by atoms with E-state index in [1.54, 1.807) is 0 Å². The van der Waals surface area contributed by atoms with Gasteiger partial charge in [0.15, 0.2) is 0 Å². The lowest BCUT2D eigenvalue weighted by Gasteiger charge is -2.11. The fourth-order valence-electron chi connectivity index (χ4n) is 1.99. The molecule has 2 aromatic rings. The van der Waals surface area contributed by atoms with Gasteiger partial charge in [-0.05, 0) is 56.1 Å². The van der Waals surface area contributed by atoms with E-state index in [0.29, 0.717) is 6.54 Å². The zero-order valence-electron chi connectivity index (χ0n) is 11.2. The molecule has 0 unspecified atom stereocenters. The van der Waals surface area contributed by atoms with Gasteiger partial charge in [0.05, 0.1) is 0 Å². The summed E-state index contributed by atoms with van der Waals surface area (Å²) in [4.78, 5) is 0. The molecule has 2 rings (SSSR count). The SMILES string of the molecule is Cc1ccc(Oc2ccc(CCN)c(Br)c2)c(C)c1. The normalized spacial score (nSPS) is 10.5. The molecule has 3 heteroatoms. The number of benzene rings is 2. The first kappa shape index (κ1) is 14.1. The third-order valence-corrected chi connectivity index (χ3v) is 3.73. The Balaban J connectivity index is 2.21. The Morgan fingerprint density at radius 2 is 1.89 bits per heavy atom. The van der Waals surface area contributed by atoms with Crippen LogP contribution < -0.4 is 10.5 Å². The number of hydrogen-bond acceptors (Lipinski definition) is 2. The number of nitrogens with two attached hydrogens (primary N) is 1. The van der Waals surface area contributed by atoms with Crippen LogP contribution in [-0.4, -0.2) is 6.54 Å². The molecule has 0 heterocycles. The van der Waals surface area contributed by atoms with Crippen molar-refractivity contribution in [3.05, 3.63) is 57.6 Å². The van der Waals surface area contributed by atoms with Gasteiger partial charge in [-0.3, -0.25) is 0 Å². The first-order valence-corrected chi connectivity index (χ1v) is 7.13. The second-order valence-electron chi connectivity index (χ2n) is 4.66. The molecule has 0 aliphatic heterocycles. The van der Waals surface area contributed by atoms with Crippen molar-refractivity contribution in [1.29, 1.82) is 0 Å². The highest BCUT2D eigenvalue weighted by Crippen LogP contribution is 2.29. The Morgan fingerprint density at radius 3 is 2.53 bits per heavy atom. The quantitative estimate of drug-likeness (QED) is 0.908. The molecule has 100 valence electrons. The summed E-state index contributed by atoms with van der Waals surface area (Å²) in [5, 5.41) is 0. The van der Waals surface area contributed by atoms with E-state index in [9.17, 15) is 0 Å². The van der Waals surface area contributed by atoms with E-state index in [4.69, 9.17) is 10.5 Å². The van der Waals surface area contributed by atoms with Crippen LogP contribution in [0, 0.1) is 13.8 Å². The average Bonchev–Trinajstić information content (AvgIpc) is 2.36. The zero-order chi connectivity index (χ0) is 13.8. The van der Waals surface area contributed by atoms with Crippen LogP contribution >= 0.6 is 15.9 Å². The van der Waals surface area contributed by atoms with Crippen LogP contribution in [0.4, 0.5) is 0 Å². The molecule has 2 nitrogen and oxygen atoms in total. The summed E-state index contributed by atoms with van der Waals surface area (Å²) in [6.07, 6.45) is 0.865. The minimum absolute atomic E-state index is 0.649. The Bertz CT molecular complexity index is 581. The third kappa shape index (κ3) is 3.58. The van der Waals surface area contributed by atoms with Crippen molar-refractivity contribution in [2.24, 2.45) is 5.73 Å². The van der Waals surface area contributed by atoms with Gasteiger partial charge >= 0.3 is 0 Å². The molecule has 19 heavy (non-hydrogen) atoms. The maximum absolute atomic E-state index is 5.92. The van der Waals surface area contributed by atoms with Gasteiger partial charge in [0, 0.05) is 4.47 Å². The van der Waals surface area contributed by atoms with Gasteiger partial charge in [-0.1, -0.05) is 39.7 Å². The Labute approximate surface area is 122 Å². The fourth-order valence-corrected chi connectivity index (χ4v) is 2.55. The monoisotopic (exact) mass is 319 g/mol. The van der Waals surface area contributed by atoms with Gasteiger partial charge in [0.25, 0.3) is 0 Å². The minimum atomic E-state index is 0.649. The van der Waals surface area contributed by atoms with Gasteiger partial charge in [-0.2, -0.15) is 0 Å². The largest absolute Gasteiger partial charge is 0.457 e. The molecule has 0 atom stereocenters. The van der Waals surface area contributed by atoms with Crippen molar-refractivity contribution >= 4 is 15.9 Å². The lowest BCUT2D eigenvalue weighted by atomic mass is 10.1. The molecule has 0 bridgehead atoms. The maximum Gasteiger partial charge on any atom is 0.130 e. The topological polar surface area (TPSA) is 35.2 Å². The Kier molecular flexibility index (Phi) is 4.61. The predicted molar refractivity (Wildman–Crippen MR) is 82.9 cm³/mol. The molecular weight excluding hydrogens is 302 g/mol. The Morgan fingerprint density at radius 1 is 1.11 bits per heavy atom. The van der Waals surface area contributed by atoms with E-state index in [0.717, 1.165) is 28.0 Å². The summed E-state index contributed by atoms with van der Waals surface area (Å²) in [7, 11) is 0. The van der Waals surface area contributed by atoms with E-state index in [2.05, 4.69) is 48.0 Å². The maximum atomic E-state index is 5.92. The number of aryl methyl sites for hydroxylation is 2. The molecule has 0 spiro atoms. The zero-order valence-corrected chi connectivity index (χ0v) is 12.8. The number of halogens is 1. The molecule has 0 radical (unpaired) electrons. The lowest BCUT2D eigenvalue weighted by Crippen LogP contribution is -2.03. The molecule has 2 N–H and O–H groups in total. The van der Waals surface area contributed by atoms with Crippen molar-refractivity contribution in [3.8, 4) is 11.5 Å². The molecule has 2 aromatic carbocycles. The summed E-state index contributed by atoms with van der Waals surface area (Å²) >= 11 is 3.56. The highest BCUT2D eigenvalue weighted by Gasteiger charge is 2.05. The molecule has 0 aliphatic rings. The number of hydrogen-bond donors (Lipinski definition) is 1. The minimum Gasteiger partial charge on any atom is -0.457 e. The van der Waals surface area contributed by atoms with Crippen molar-refractivity contribution in [3.63, 3.8) is 0 Å². The first-order chi connectivity index (χ1) is 9.10. The van der Waals surface area contributed by atoms with E-state index in [-0.39, 0.29) is 0 Å². The van der Waals surface area contributed by atoms with Gasteiger partial charge in [0.2, 0.25) is 0 Å². The molecule has 0 aliphatic carbocycles. The fraction of sp³-hybridized carbons (Fsp3) is 0.250. The summed E-state index contributed by atoms with van der Waals surface area (Å²) in [6, 6.07) is 12.2. The highest BCUT2D eigenvalue weighted by atomic mass is 79.9. The molecule has 0 saturated carbocycles. The van der Waals surface area contributed by atoms with Crippen LogP contribution in [0.1, 0.15) is 16.7 Å². The summed E-state index contributed by atoms with van der Waals surface area (Å²) in [5.41, 5.74) is 9.16. The standard InChI is InChI=1S/C16H18BrNO/c1-11-3-6-16(12(2)9-11)19-14-5-4-13(7-8-18)15(17)10-14/h3-6,9-10H,7-8,18H2,1-2H3. The van der Waals surface area contributed by atoms with Crippen molar-refractivity contribution in [2.75, 3.05) is 6.54 Å². The van der Waals surface area contributed by atoms with Gasteiger partial charge in [-0.15, -0.1) is 0 Å². The molecule has 0 fully saturated rings. The summed E-state index contributed by atoms with van der Waals surface area (Å²) < 4.78 is 6.96. The van der Waals surface area contributed by atoms with Crippen LogP contribution in [0.3, 0.4) is 0 Å². The van der Waals surface area contributed by atoms with Crippen molar-refractivity contribution in [2.45, 2.75) is 20.3 Å². The second kappa shape index (κ2) is 6.22. The third-order valence-electron chi connectivity index (χ3n) is 3.00. The van der Waals surface area contributed by atoms with Crippen LogP contribution in [0.2, 0.25) is 0 Å². The van der Waals surface area contributed by atoms with Crippen LogP contribution in [-0.2, 0) is 6.42 Å². The van der Waals surface area contributed by atoms with Gasteiger partial charge in [-0.25, -0.2) is 0 Å². The van der Waals surface area contributed by atoms with Crippen molar-refractivity contribution < 1.29 is 4.74 Å². The second-order valence-corrected chi connectivity index (χ2v) is 5.52. The average molecular weight is 320 g/mol. The molecular formula is C16H18BrNO. The molecule has 0 amide bonds. The van der Waals surface area contributed by atoms with E-state index in [1.165, 1.54) is 11.1 Å². The van der Waals surface area contributed by atoms with Crippen LogP contribution in [0.15, 0.2) is 40.9 Å². The van der Waals surface area contributed by atoms with Gasteiger partial charge < -0.3 is 10.5 Å². The van der Waals surface area contributed by atoms with Gasteiger partial charge in [0.1, 0.15) is 11.5 Å². The predicted octanol–water partition coefficient (Wildman–Crippen LogP) is 4.36. The summed E-state index contributed by atoms with van der Waals surface area (Å²) in [6.45, 7) is 4.78. The number of rotatable bonds is 4. The Hall–Kier alpha value is -1.32. The summed E-state index contributed by atoms with van der Waals surface area (Å²) in [5.74, 6) is 1.73.